The van der Waals surface area contributed by atoms with Crippen molar-refractivity contribution in [2.75, 3.05) is 31.1 Å². The lowest BCUT2D eigenvalue weighted by Crippen LogP contribution is -2.50. The highest BCUT2D eigenvalue weighted by Gasteiger charge is 2.28. The van der Waals surface area contributed by atoms with E-state index in [1.54, 1.807) is 0 Å². The maximum Gasteiger partial charge on any atom is 0.225 e. The summed E-state index contributed by atoms with van der Waals surface area (Å²) >= 11 is 0. The Morgan fingerprint density at radius 1 is 1.00 bits per heavy atom. The van der Waals surface area contributed by atoms with Crippen LogP contribution in [0.2, 0.25) is 0 Å². The number of aromatic nitrogens is 1. The van der Waals surface area contributed by atoms with Crippen LogP contribution >= 0.6 is 0 Å². The lowest BCUT2D eigenvalue weighted by Gasteiger charge is -2.38. The van der Waals surface area contributed by atoms with E-state index in [0.717, 1.165) is 39.0 Å². The van der Waals surface area contributed by atoms with Crippen LogP contribution in [0.25, 0.3) is 0 Å². The Hall–Kier alpha value is -1.58. The third kappa shape index (κ3) is 2.94. The van der Waals surface area contributed by atoms with Gasteiger partial charge in [-0.05, 0) is 25.0 Å². The number of hydrogen-bond acceptors (Lipinski definition) is 3. The second kappa shape index (κ2) is 6.25. The maximum absolute atomic E-state index is 12.5. The molecule has 4 heteroatoms. The van der Waals surface area contributed by atoms with Crippen molar-refractivity contribution in [2.45, 2.75) is 32.1 Å². The Labute approximate surface area is 120 Å². The Morgan fingerprint density at radius 2 is 1.65 bits per heavy atom. The van der Waals surface area contributed by atoms with E-state index in [1.165, 1.54) is 24.9 Å². The summed E-state index contributed by atoms with van der Waals surface area (Å²) in [5.74, 6) is 0.704. The summed E-state index contributed by atoms with van der Waals surface area (Å²) in [5.41, 5.74) is 1.21. The molecule has 1 saturated carbocycles. The van der Waals surface area contributed by atoms with Gasteiger partial charge in [0.1, 0.15) is 0 Å². The molecule has 0 radical (unpaired) electrons. The summed E-state index contributed by atoms with van der Waals surface area (Å²) in [5, 5.41) is 0. The smallest absolute Gasteiger partial charge is 0.225 e. The van der Waals surface area contributed by atoms with Crippen molar-refractivity contribution in [1.82, 2.24) is 9.88 Å². The largest absolute Gasteiger partial charge is 0.368 e. The fourth-order valence-corrected chi connectivity index (χ4v) is 3.35. The van der Waals surface area contributed by atoms with Gasteiger partial charge in [0.15, 0.2) is 0 Å². The van der Waals surface area contributed by atoms with Crippen molar-refractivity contribution in [1.29, 1.82) is 0 Å². The van der Waals surface area contributed by atoms with Crippen molar-refractivity contribution < 1.29 is 4.79 Å². The second-order valence-electron chi connectivity index (χ2n) is 5.85. The van der Waals surface area contributed by atoms with Gasteiger partial charge in [-0.15, -0.1) is 0 Å². The van der Waals surface area contributed by atoms with Crippen LogP contribution in [-0.4, -0.2) is 42.0 Å². The molecule has 2 heterocycles. The molecule has 2 fully saturated rings. The monoisotopic (exact) mass is 273 g/mol. The summed E-state index contributed by atoms with van der Waals surface area (Å²) in [6.07, 6.45) is 9.62. The first-order valence-corrected chi connectivity index (χ1v) is 7.78. The van der Waals surface area contributed by atoms with E-state index >= 15 is 0 Å². The average Bonchev–Trinajstić information content (AvgIpc) is 2.56. The van der Waals surface area contributed by atoms with Crippen LogP contribution in [0.1, 0.15) is 32.1 Å². The van der Waals surface area contributed by atoms with E-state index in [0.29, 0.717) is 11.8 Å². The van der Waals surface area contributed by atoms with Gasteiger partial charge in [0, 0.05) is 50.2 Å². The summed E-state index contributed by atoms with van der Waals surface area (Å²) in [4.78, 5) is 21.0. The highest BCUT2D eigenvalue weighted by atomic mass is 16.2. The maximum atomic E-state index is 12.5. The van der Waals surface area contributed by atoms with Gasteiger partial charge >= 0.3 is 0 Å². The number of carbonyl (C=O) groups is 1. The van der Waals surface area contributed by atoms with Gasteiger partial charge in [0.25, 0.3) is 0 Å². The number of carbonyl (C=O) groups excluding carboxylic acids is 1. The van der Waals surface area contributed by atoms with E-state index < -0.39 is 0 Å². The molecule has 4 nitrogen and oxygen atoms in total. The molecule has 0 unspecified atom stereocenters. The van der Waals surface area contributed by atoms with Crippen LogP contribution < -0.4 is 4.90 Å². The molecule has 2 aliphatic rings. The topological polar surface area (TPSA) is 36.4 Å². The summed E-state index contributed by atoms with van der Waals surface area (Å²) in [7, 11) is 0. The molecule has 0 spiro atoms. The molecule has 108 valence electrons. The van der Waals surface area contributed by atoms with Crippen LogP contribution in [-0.2, 0) is 4.79 Å². The lowest BCUT2D eigenvalue weighted by atomic mass is 9.88. The van der Waals surface area contributed by atoms with Gasteiger partial charge < -0.3 is 9.80 Å². The zero-order chi connectivity index (χ0) is 13.8. The predicted octanol–water partition coefficient (Wildman–Crippen LogP) is 2.31. The minimum absolute atomic E-state index is 0.302. The van der Waals surface area contributed by atoms with Gasteiger partial charge in [0.2, 0.25) is 5.91 Å². The third-order valence-electron chi connectivity index (χ3n) is 4.57. The van der Waals surface area contributed by atoms with Crippen LogP contribution in [0, 0.1) is 5.92 Å². The van der Waals surface area contributed by atoms with E-state index in [2.05, 4.69) is 14.8 Å². The predicted molar refractivity (Wildman–Crippen MR) is 79.6 cm³/mol. The highest BCUT2D eigenvalue weighted by Crippen LogP contribution is 2.26. The van der Waals surface area contributed by atoms with Gasteiger partial charge in [-0.25, -0.2) is 0 Å². The molecule has 20 heavy (non-hydrogen) atoms. The second-order valence-corrected chi connectivity index (χ2v) is 5.85. The fourth-order valence-electron chi connectivity index (χ4n) is 3.35. The van der Waals surface area contributed by atoms with Gasteiger partial charge in [0.05, 0.1) is 0 Å². The van der Waals surface area contributed by atoms with Crippen molar-refractivity contribution in [3.8, 4) is 0 Å². The first-order chi connectivity index (χ1) is 9.84. The van der Waals surface area contributed by atoms with Crippen molar-refractivity contribution >= 4 is 11.6 Å². The zero-order valence-corrected chi connectivity index (χ0v) is 12.0. The van der Waals surface area contributed by atoms with Gasteiger partial charge in [-0.2, -0.15) is 0 Å². The van der Waals surface area contributed by atoms with Crippen LogP contribution in [0.3, 0.4) is 0 Å². The minimum atomic E-state index is 0.302. The molecule has 1 aromatic rings. The highest BCUT2D eigenvalue weighted by molar-refractivity contribution is 5.79. The quantitative estimate of drug-likeness (QED) is 0.829. The molecule has 1 aliphatic heterocycles. The lowest BCUT2D eigenvalue weighted by molar-refractivity contribution is -0.136. The molecule has 1 amide bonds. The van der Waals surface area contributed by atoms with Crippen LogP contribution in [0.4, 0.5) is 5.69 Å². The Kier molecular flexibility index (Phi) is 4.19. The molecule has 1 aliphatic carbocycles. The molecule has 0 bridgehead atoms. The summed E-state index contributed by atoms with van der Waals surface area (Å²) < 4.78 is 0. The van der Waals surface area contributed by atoms with E-state index in [9.17, 15) is 4.79 Å². The molecule has 1 aromatic heterocycles. The summed E-state index contributed by atoms with van der Waals surface area (Å²) in [6.45, 7) is 3.58. The van der Waals surface area contributed by atoms with Crippen molar-refractivity contribution in [2.24, 2.45) is 5.92 Å². The SMILES string of the molecule is O=C(C1CCCCC1)N1CCN(c2ccncc2)CC1. The summed E-state index contributed by atoms with van der Waals surface area (Å²) in [6, 6.07) is 4.08. The number of nitrogens with zero attached hydrogens (tertiary/aromatic N) is 3. The third-order valence-corrected chi connectivity index (χ3v) is 4.57. The first kappa shape index (κ1) is 13.4. The molecule has 3 rings (SSSR count). The first-order valence-electron chi connectivity index (χ1n) is 7.78. The van der Waals surface area contributed by atoms with Crippen molar-refractivity contribution in [3.05, 3.63) is 24.5 Å². The Balaban J connectivity index is 1.54. The normalized spacial score (nSPS) is 21.0. The number of piperazine rings is 1. The Bertz CT molecular complexity index is 434. The number of amides is 1. The standard InChI is InChI=1S/C16H23N3O/c20-16(14-4-2-1-3-5-14)19-12-10-18(11-13-19)15-6-8-17-9-7-15/h6-9,14H,1-5,10-13H2. The van der Waals surface area contributed by atoms with Gasteiger partial charge in [-0.3, -0.25) is 9.78 Å². The van der Waals surface area contributed by atoms with Crippen molar-refractivity contribution in [3.63, 3.8) is 0 Å². The van der Waals surface area contributed by atoms with Gasteiger partial charge in [-0.1, -0.05) is 19.3 Å². The number of anilines is 1. The minimum Gasteiger partial charge on any atom is -0.368 e. The Morgan fingerprint density at radius 3 is 2.30 bits per heavy atom. The van der Waals surface area contributed by atoms with E-state index in [1.807, 2.05) is 24.5 Å². The fraction of sp³-hybridized carbons (Fsp3) is 0.625. The number of rotatable bonds is 2. The molecule has 0 N–H and O–H groups in total. The molecule has 1 saturated heterocycles. The average molecular weight is 273 g/mol. The van der Waals surface area contributed by atoms with E-state index in [4.69, 9.17) is 0 Å². The van der Waals surface area contributed by atoms with Crippen LogP contribution in [0.5, 0.6) is 0 Å². The van der Waals surface area contributed by atoms with Crippen LogP contribution in [0.15, 0.2) is 24.5 Å². The number of pyridine rings is 1. The molecule has 0 aromatic carbocycles. The molecular weight excluding hydrogens is 250 g/mol. The molecular formula is C16H23N3O. The van der Waals surface area contributed by atoms with E-state index in [-0.39, 0.29) is 0 Å². The zero-order valence-electron chi connectivity index (χ0n) is 12.0. The number of hydrogen-bond donors (Lipinski definition) is 0. The molecule has 0 atom stereocenters.